The third-order valence-electron chi connectivity index (χ3n) is 3.44. The highest BCUT2D eigenvalue weighted by molar-refractivity contribution is 5.81. The molecule has 19 heavy (non-hydrogen) atoms. The normalized spacial score (nSPS) is 13.9. The van der Waals surface area contributed by atoms with Crippen LogP contribution in [0.5, 0.6) is 0 Å². The van der Waals surface area contributed by atoms with Crippen molar-refractivity contribution < 1.29 is 14.7 Å². The number of amides is 1. The molecule has 0 fully saturated rings. The number of carbonyl (C=O) groups excluding carboxylic acids is 1. The van der Waals surface area contributed by atoms with Crippen molar-refractivity contribution in [3.63, 3.8) is 0 Å². The van der Waals surface area contributed by atoms with Gasteiger partial charge in [0.2, 0.25) is 6.41 Å². The van der Waals surface area contributed by atoms with Crippen molar-refractivity contribution in [3.05, 3.63) is 35.9 Å². The monoisotopic (exact) mass is 263 g/mol. The highest BCUT2D eigenvalue weighted by Gasteiger charge is 2.39. The van der Waals surface area contributed by atoms with Crippen molar-refractivity contribution in [3.8, 4) is 0 Å². The third-order valence-corrected chi connectivity index (χ3v) is 3.44. The van der Waals surface area contributed by atoms with Gasteiger partial charge in [-0.1, -0.05) is 30.3 Å². The minimum absolute atomic E-state index is 0.144. The Labute approximate surface area is 114 Å². The van der Waals surface area contributed by atoms with Crippen LogP contribution in [-0.4, -0.2) is 34.0 Å². The number of rotatable bonds is 7. The molecule has 1 amide bonds. The van der Waals surface area contributed by atoms with Crippen LogP contribution in [0.2, 0.25) is 0 Å². The molecule has 104 valence electrons. The average Bonchev–Trinajstić information content (AvgIpc) is 2.37. The lowest BCUT2D eigenvalue weighted by atomic mass is 9.90. The van der Waals surface area contributed by atoms with E-state index in [1.165, 1.54) is 4.90 Å². The number of hydrogen-bond acceptors (Lipinski definition) is 2. The Bertz CT molecular complexity index is 430. The molecular weight excluding hydrogens is 242 g/mol. The quantitative estimate of drug-likeness (QED) is 0.768. The van der Waals surface area contributed by atoms with Crippen LogP contribution >= 0.6 is 0 Å². The molecule has 0 heterocycles. The summed E-state index contributed by atoms with van der Waals surface area (Å²) in [5.41, 5.74) is -0.101. The number of carbonyl (C=O) groups is 2. The van der Waals surface area contributed by atoms with Gasteiger partial charge in [-0.25, -0.2) is 4.79 Å². The van der Waals surface area contributed by atoms with E-state index >= 15 is 0 Å². The van der Waals surface area contributed by atoms with Crippen LogP contribution in [0.4, 0.5) is 0 Å². The van der Waals surface area contributed by atoms with Gasteiger partial charge in [-0.3, -0.25) is 4.79 Å². The molecule has 1 atom stereocenters. The molecule has 0 aliphatic rings. The van der Waals surface area contributed by atoms with Crippen LogP contribution in [0.3, 0.4) is 0 Å². The first-order valence-electron chi connectivity index (χ1n) is 6.43. The van der Waals surface area contributed by atoms with E-state index in [1.807, 2.05) is 44.2 Å². The van der Waals surface area contributed by atoms with Gasteiger partial charge in [-0.2, -0.15) is 0 Å². The maximum absolute atomic E-state index is 11.5. The van der Waals surface area contributed by atoms with Gasteiger partial charge in [-0.15, -0.1) is 0 Å². The van der Waals surface area contributed by atoms with E-state index in [2.05, 4.69) is 0 Å². The molecule has 4 nitrogen and oxygen atoms in total. The van der Waals surface area contributed by atoms with Crippen molar-refractivity contribution >= 4 is 12.4 Å². The fourth-order valence-electron chi connectivity index (χ4n) is 2.19. The number of nitrogens with zero attached hydrogens (tertiary/aromatic N) is 1. The van der Waals surface area contributed by atoms with Gasteiger partial charge in [-0.05, 0) is 39.2 Å². The van der Waals surface area contributed by atoms with Crippen molar-refractivity contribution in [1.29, 1.82) is 0 Å². The summed E-state index contributed by atoms with van der Waals surface area (Å²) in [5, 5.41) is 9.46. The maximum atomic E-state index is 11.5. The summed E-state index contributed by atoms with van der Waals surface area (Å²) in [6.07, 6.45) is 1.65. The first-order valence-corrected chi connectivity index (χ1v) is 6.43. The van der Waals surface area contributed by atoms with Crippen molar-refractivity contribution in [1.82, 2.24) is 4.90 Å². The van der Waals surface area contributed by atoms with E-state index < -0.39 is 11.5 Å². The van der Waals surface area contributed by atoms with E-state index in [0.29, 0.717) is 19.3 Å². The Morgan fingerprint density at radius 1 is 1.37 bits per heavy atom. The Hall–Kier alpha value is -1.84. The SMILES string of the molecule is CC(C)N(C=O)C(C)(CCc1ccccc1)C(=O)O. The van der Waals surface area contributed by atoms with Crippen molar-refractivity contribution in [2.45, 2.75) is 45.2 Å². The Balaban J connectivity index is 2.88. The predicted octanol–water partition coefficient (Wildman–Crippen LogP) is 2.33. The molecule has 1 rings (SSSR count). The standard InChI is InChI=1S/C15H21NO3/c1-12(2)16(11-17)15(3,14(18)19)10-9-13-7-5-4-6-8-13/h4-8,11-12H,9-10H2,1-3H3,(H,18,19). The molecule has 0 spiro atoms. The molecular formula is C15H21NO3. The van der Waals surface area contributed by atoms with E-state index in [4.69, 9.17) is 0 Å². The Kier molecular flexibility index (Phi) is 5.10. The highest BCUT2D eigenvalue weighted by atomic mass is 16.4. The zero-order chi connectivity index (χ0) is 14.5. The van der Waals surface area contributed by atoms with Gasteiger partial charge in [0.25, 0.3) is 0 Å². The molecule has 1 N–H and O–H groups in total. The average molecular weight is 263 g/mol. The summed E-state index contributed by atoms with van der Waals surface area (Å²) < 4.78 is 0. The number of benzene rings is 1. The van der Waals surface area contributed by atoms with Gasteiger partial charge in [0.15, 0.2) is 0 Å². The second-order valence-corrected chi connectivity index (χ2v) is 5.17. The molecule has 0 aliphatic heterocycles. The summed E-state index contributed by atoms with van der Waals surface area (Å²) in [7, 11) is 0. The van der Waals surface area contributed by atoms with Crippen LogP contribution in [0, 0.1) is 0 Å². The minimum Gasteiger partial charge on any atom is -0.480 e. The largest absolute Gasteiger partial charge is 0.480 e. The molecule has 1 aromatic carbocycles. The Morgan fingerprint density at radius 2 is 1.95 bits per heavy atom. The molecule has 0 saturated carbocycles. The van der Waals surface area contributed by atoms with Crippen LogP contribution in [0.15, 0.2) is 30.3 Å². The summed E-state index contributed by atoms with van der Waals surface area (Å²) >= 11 is 0. The molecule has 1 unspecified atom stereocenters. The van der Waals surface area contributed by atoms with Gasteiger partial charge < -0.3 is 10.0 Å². The minimum atomic E-state index is -1.17. The highest BCUT2D eigenvalue weighted by Crippen LogP contribution is 2.23. The van der Waals surface area contributed by atoms with Crippen molar-refractivity contribution in [2.75, 3.05) is 0 Å². The summed E-state index contributed by atoms with van der Waals surface area (Å²) in [6, 6.07) is 9.55. The fourth-order valence-corrected chi connectivity index (χ4v) is 2.19. The Morgan fingerprint density at radius 3 is 2.37 bits per heavy atom. The van der Waals surface area contributed by atoms with Crippen molar-refractivity contribution in [2.24, 2.45) is 0 Å². The lowest BCUT2D eigenvalue weighted by molar-refractivity contribution is -0.156. The molecule has 0 saturated heterocycles. The maximum Gasteiger partial charge on any atom is 0.329 e. The first-order chi connectivity index (χ1) is 8.91. The second kappa shape index (κ2) is 6.36. The fraction of sp³-hybridized carbons (Fsp3) is 0.467. The van der Waals surface area contributed by atoms with Gasteiger partial charge in [0, 0.05) is 6.04 Å². The summed E-state index contributed by atoms with van der Waals surface area (Å²) in [6.45, 7) is 5.24. The van der Waals surface area contributed by atoms with E-state index in [9.17, 15) is 14.7 Å². The van der Waals surface area contributed by atoms with Crippen LogP contribution in [0.1, 0.15) is 32.8 Å². The van der Waals surface area contributed by atoms with Gasteiger partial charge >= 0.3 is 5.97 Å². The molecule has 0 aliphatic carbocycles. The number of aryl methyl sites for hydroxylation is 1. The lowest BCUT2D eigenvalue weighted by Gasteiger charge is -2.38. The topological polar surface area (TPSA) is 57.6 Å². The predicted molar refractivity (Wildman–Crippen MR) is 73.8 cm³/mol. The number of aliphatic carboxylic acids is 1. The first kappa shape index (κ1) is 15.2. The molecule has 4 heteroatoms. The van der Waals surface area contributed by atoms with Crippen LogP contribution < -0.4 is 0 Å². The smallest absolute Gasteiger partial charge is 0.329 e. The van der Waals surface area contributed by atoms with Gasteiger partial charge in [0.05, 0.1) is 0 Å². The number of carboxylic acids is 1. The van der Waals surface area contributed by atoms with E-state index in [0.717, 1.165) is 5.56 Å². The zero-order valence-electron chi connectivity index (χ0n) is 11.7. The number of hydrogen-bond donors (Lipinski definition) is 1. The summed E-state index contributed by atoms with van der Waals surface area (Å²) in [4.78, 5) is 24.1. The molecule has 0 bridgehead atoms. The molecule has 0 radical (unpaired) electrons. The summed E-state index contributed by atoms with van der Waals surface area (Å²) in [5.74, 6) is -0.968. The number of carboxylic acid groups (broad SMARTS) is 1. The van der Waals surface area contributed by atoms with Crippen LogP contribution in [-0.2, 0) is 16.0 Å². The zero-order valence-corrected chi connectivity index (χ0v) is 11.7. The van der Waals surface area contributed by atoms with Gasteiger partial charge in [0.1, 0.15) is 5.54 Å². The third kappa shape index (κ3) is 3.56. The van der Waals surface area contributed by atoms with E-state index in [1.54, 1.807) is 6.92 Å². The second-order valence-electron chi connectivity index (χ2n) is 5.17. The molecule has 0 aromatic heterocycles. The van der Waals surface area contributed by atoms with E-state index in [-0.39, 0.29) is 6.04 Å². The molecule has 1 aromatic rings. The van der Waals surface area contributed by atoms with Crippen LogP contribution in [0.25, 0.3) is 0 Å². The lowest BCUT2D eigenvalue weighted by Crippen LogP contribution is -2.55.